The molecule has 21 heavy (non-hydrogen) atoms. The predicted octanol–water partition coefficient (Wildman–Crippen LogP) is 3.41. The fourth-order valence-corrected chi connectivity index (χ4v) is 3.76. The number of ether oxygens (including phenoxy) is 1. The third kappa shape index (κ3) is 8.57. The minimum atomic E-state index is -3.00. The molecule has 0 radical (unpaired) electrons. The molecule has 0 amide bonds. The monoisotopic (exact) mass is 321 g/mol. The molecule has 124 valence electrons. The third-order valence-corrected chi connectivity index (χ3v) is 5.23. The number of unbranched alkanes of at least 4 members (excludes halogenated alkanes) is 5. The highest BCUT2D eigenvalue weighted by molar-refractivity contribution is 7.51. The van der Waals surface area contributed by atoms with Crippen LogP contribution in [0.15, 0.2) is 0 Å². The molecule has 0 bridgehead atoms. The minimum Gasteiger partial charge on any atom is -0.469 e. The van der Waals surface area contributed by atoms with Crippen molar-refractivity contribution in [2.75, 3.05) is 20.3 Å². The van der Waals surface area contributed by atoms with Gasteiger partial charge in [0.05, 0.1) is 19.8 Å². The average molecular weight is 321 g/mol. The van der Waals surface area contributed by atoms with Gasteiger partial charge in [-0.05, 0) is 19.8 Å². The van der Waals surface area contributed by atoms with Gasteiger partial charge in [-0.15, -0.1) is 0 Å². The molecule has 1 aliphatic heterocycles. The van der Waals surface area contributed by atoms with Crippen LogP contribution in [0.1, 0.15) is 58.3 Å². The average Bonchev–Trinajstić information content (AvgIpc) is 2.87. The molecule has 6 nitrogen and oxygen atoms in total. The molecule has 0 aromatic heterocycles. The number of carbonyl (C=O) groups is 1. The second-order valence-corrected chi connectivity index (χ2v) is 7.17. The van der Waals surface area contributed by atoms with Gasteiger partial charge in [0.2, 0.25) is 0 Å². The van der Waals surface area contributed by atoms with Gasteiger partial charge in [0.1, 0.15) is 0 Å². The zero-order chi connectivity index (χ0) is 15.6. The second kappa shape index (κ2) is 10.3. The van der Waals surface area contributed by atoms with Crippen molar-refractivity contribution < 1.29 is 23.1 Å². The molecule has 0 aliphatic carbocycles. The lowest BCUT2D eigenvalue weighted by atomic mass is 10.1. The van der Waals surface area contributed by atoms with Crippen LogP contribution in [-0.2, 0) is 23.1 Å². The van der Waals surface area contributed by atoms with E-state index in [-0.39, 0.29) is 12.1 Å². The van der Waals surface area contributed by atoms with Crippen LogP contribution in [0.3, 0.4) is 0 Å². The highest BCUT2D eigenvalue weighted by Gasteiger charge is 2.31. The van der Waals surface area contributed by atoms with Gasteiger partial charge in [0.15, 0.2) is 0 Å². The lowest BCUT2D eigenvalue weighted by Gasteiger charge is -2.17. The molecule has 2 atom stereocenters. The Kier molecular flexibility index (Phi) is 9.16. The van der Waals surface area contributed by atoms with E-state index in [1.807, 2.05) is 6.92 Å². The number of nitrogens with one attached hydrogen (secondary N) is 1. The molecular formula is C14H28NO5P. The van der Waals surface area contributed by atoms with Crippen molar-refractivity contribution in [3.05, 3.63) is 0 Å². The first-order chi connectivity index (χ1) is 10.1. The summed E-state index contributed by atoms with van der Waals surface area (Å²) in [7, 11) is -1.58. The molecular weight excluding hydrogens is 293 g/mol. The van der Waals surface area contributed by atoms with Crippen molar-refractivity contribution in [1.82, 2.24) is 5.09 Å². The summed E-state index contributed by atoms with van der Waals surface area (Å²) in [6.07, 6.45) is 7.78. The summed E-state index contributed by atoms with van der Waals surface area (Å²) in [5, 5.41) is 2.78. The van der Waals surface area contributed by atoms with Crippen molar-refractivity contribution >= 4 is 13.7 Å². The molecule has 0 aromatic carbocycles. The van der Waals surface area contributed by atoms with Crippen LogP contribution >= 0.6 is 7.75 Å². The summed E-state index contributed by atoms with van der Waals surface area (Å²) in [4.78, 5) is 10.9. The lowest BCUT2D eigenvalue weighted by Crippen LogP contribution is -2.12. The van der Waals surface area contributed by atoms with E-state index in [4.69, 9.17) is 9.05 Å². The number of esters is 1. The Labute approximate surface area is 127 Å². The van der Waals surface area contributed by atoms with Crippen molar-refractivity contribution in [3.63, 3.8) is 0 Å². The molecule has 7 heteroatoms. The van der Waals surface area contributed by atoms with E-state index in [2.05, 4.69) is 9.82 Å². The molecule has 1 aliphatic rings. The summed E-state index contributed by atoms with van der Waals surface area (Å²) in [5.41, 5.74) is 0. The summed E-state index contributed by atoms with van der Waals surface area (Å²) in [5.74, 6) is -0.126. The maximum Gasteiger partial charge on any atom is 0.405 e. The molecule has 1 heterocycles. The Balaban J connectivity index is 1.92. The van der Waals surface area contributed by atoms with Crippen LogP contribution in [0.25, 0.3) is 0 Å². The second-order valence-electron chi connectivity index (χ2n) is 5.39. The number of hydrogen-bond donors (Lipinski definition) is 1. The van der Waals surface area contributed by atoms with Gasteiger partial charge in [-0.3, -0.25) is 13.8 Å². The van der Waals surface area contributed by atoms with E-state index in [1.54, 1.807) is 0 Å². The maximum absolute atomic E-state index is 11.9. The molecule has 1 rings (SSSR count). The largest absolute Gasteiger partial charge is 0.469 e. The minimum absolute atomic E-state index is 0.0549. The van der Waals surface area contributed by atoms with Crippen LogP contribution in [-0.4, -0.2) is 32.3 Å². The quantitative estimate of drug-likeness (QED) is 0.357. The van der Waals surface area contributed by atoms with Gasteiger partial charge in [-0.25, -0.2) is 9.65 Å². The summed E-state index contributed by atoms with van der Waals surface area (Å²) < 4.78 is 27.1. The van der Waals surface area contributed by atoms with Crippen LogP contribution in [0.4, 0.5) is 0 Å². The van der Waals surface area contributed by atoms with E-state index in [1.165, 1.54) is 7.11 Å². The van der Waals surface area contributed by atoms with Crippen LogP contribution < -0.4 is 5.09 Å². The lowest BCUT2D eigenvalue weighted by molar-refractivity contribution is -0.140. The first-order valence-electron chi connectivity index (χ1n) is 7.80. The first kappa shape index (κ1) is 18.6. The third-order valence-electron chi connectivity index (χ3n) is 3.46. The van der Waals surface area contributed by atoms with E-state index >= 15 is 0 Å². The van der Waals surface area contributed by atoms with Crippen LogP contribution in [0.2, 0.25) is 0 Å². The van der Waals surface area contributed by atoms with Crippen molar-refractivity contribution in [2.24, 2.45) is 0 Å². The van der Waals surface area contributed by atoms with Crippen molar-refractivity contribution in [3.8, 4) is 0 Å². The summed E-state index contributed by atoms with van der Waals surface area (Å²) in [6, 6.07) is 0. The molecule has 1 fully saturated rings. The highest BCUT2D eigenvalue weighted by atomic mass is 31.2. The Hall–Kier alpha value is -0.420. The molecule has 0 aromatic rings. The van der Waals surface area contributed by atoms with Crippen LogP contribution in [0.5, 0.6) is 0 Å². The Morgan fingerprint density at radius 3 is 2.52 bits per heavy atom. The standard InChI is InChI=1S/C14H28NO5P/c1-13(20-21(17)15-11-12-19-21)9-7-5-3-4-6-8-10-14(16)18-2/h13H,3-12H2,1-2H3,(H,15,17). The van der Waals surface area contributed by atoms with Crippen molar-refractivity contribution in [2.45, 2.75) is 64.4 Å². The van der Waals surface area contributed by atoms with Gasteiger partial charge >= 0.3 is 13.7 Å². The topological polar surface area (TPSA) is 73.9 Å². The van der Waals surface area contributed by atoms with E-state index in [0.29, 0.717) is 19.6 Å². The van der Waals surface area contributed by atoms with Gasteiger partial charge in [-0.2, -0.15) is 0 Å². The Morgan fingerprint density at radius 1 is 1.24 bits per heavy atom. The fourth-order valence-electron chi connectivity index (χ4n) is 2.26. The highest BCUT2D eigenvalue weighted by Crippen LogP contribution is 2.47. The number of rotatable bonds is 11. The van der Waals surface area contributed by atoms with E-state index in [0.717, 1.165) is 44.9 Å². The summed E-state index contributed by atoms with van der Waals surface area (Å²) >= 11 is 0. The SMILES string of the molecule is COC(=O)CCCCCCCCC(C)OP1(=O)NCCO1. The Morgan fingerprint density at radius 2 is 1.90 bits per heavy atom. The number of methoxy groups -OCH3 is 1. The van der Waals surface area contributed by atoms with Gasteiger partial charge in [-0.1, -0.05) is 32.1 Å². The molecule has 1 saturated heterocycles. The molecule has 2 unspecified atom stereocenters. The number of carbonyl (C=O) groups excluding carboxylic acids is 1. The zero-order valence-corrected chi connectivity index (χ0v) is 14.0. The van der Waals surface area contributed by atoms with E-state index in [9.17, 15) is 9.36 Å². The number of hydrogen-bond acceptors (Lipinski definition) is 5. The molecule has 0 saturated carbocycles. The van der Waals surface area contributed by atoms with Crippen molar-refractivity contribution in [1.29, 1.82) is 0 Å². The normalized spacial score (nSPS) is 23.1. The van der Waals surface area contributed by atoms with Gasteiger partial charge in [0, 0.05) is 13.0 Å². The Bertz CT molecular complexity index is 340. The molecule has 0 spiro atoms. The molecule has 1 N–H and O–H groups in total. The smallest absolute Gasteiger partial charge is 0.405 e. The predicted molar refractivity (Wildman–Crippen MR) is 81.1 cm³/mol. The van der Waals surface area contributed by atoms with Gasteiger partial charge in [0.25, 0.3) is 0 Å². The zero-order valence-electron chi connectivity index (χ0n) is 13.1. The fraction of sp³-hybridized carbons (Fsp3) is 0.929. The first-order valence-corrected chi connectivity index (χ1v) is 9.35. The summed E-state index contributed by atoms with van der Waals surface area (Å²) in [6.45, 7) is 2.98. The van der Waals surface area contributed by atoms with Crippen LogP contribution in [0, 0.1) is 0 Å². The van der Waals surface area contributed by atoms with Gasteiger partial charge < -0.3 is 4.74 Å². The maximum atomic E-state index is 11.9. The van der Waals surface area contributed by atoms with E-state index < -0.39 is 7.75 Å².